The van der Waals surface area contributed by atoms with Crippen molar-refractivity contribution in [2.45, 2.75) is 41.2 Å². The van der Waals surface area contributed by atoms with Crippen molar-refractivity contribution in [1.29, 1.82) is 0 Å². The van der Waals surface area contributed by atoms with E-state index in [1.54, 1.807) is 77.7 Å². The molecular weight excluding hydrogens is 1180 g/mol. The average Bonchev–Trinajstić information content (AvgIpc) is 3.54. The molecule has 0 aliphatic carbocycles. The van der Waals surface area contributed by atoms with Crippen LogP contribution < -0.4 is 9.80 Å². The van der Waals surface area contributed by atoms with Crippen molar-refractivity contribution in [1.82, 2.24) is 0 Å². The standard InChI is InChI=1S/C56H44N2O18S6/c59-77(60,61)49-25-5-39(6-26-49)55(40-7-27-50(28-8-40)78(62,63)64)37-1-13-43(14-2-37)57(44-15-3-38(4-16-44)56(41-9-29-51(30-10-41)79(65,66)67)42-11-31-52(32-12-42)80(68,69)70)45-17-19-46(20-18-45)58(47-21-33-53(34-22-47)81(71,72)73)48-23-35-54(36-24-48)82(74,75)76/h1-36,55-56H,(H,59,60,61)(H,62,63,64)(H,65,66,67)(H,68,69,70)(H,71,72,73)(H,74,75,76). The van der Waals surface area contributed by atoms with Gasteiger partial charge in [-0.25, -0.2) is 0 Å². The normalized spacial score (nSPS) is 12.6. The van der Waals surface area contributed by atoms with Gasteiger partial charge in [-0.15, -0.1) is 0 Å². The smallest absolute Gasteiger partial charge is 0.294 e. The van der Waals surface area contributed by atoms with Crippen molar-refractivity contribution in [3.63, 3.8) is 0 Å². The Bertz CT molecular complexity index is 3840. The summed E-state index contributed by atoms with van der Waals surface area (Å²) in [6.45, 7) is 0. The van der Waals surface area contributed by atoms with E-state index in [1.807, 2.05) is 4.90 Å². The molecule has 9 aromatic rings. The lowest BCUT2D eigenvalue weighted by Gasteiger charge is -2.29. The van der Waals surface area contributed by atoms with Gasteiger partial charge in [0.05, 0.1) is 29.4 Å². The van der Waals surface area contributed by atoms with Crippen LogP contribution in [0.1, 0.15) is 45.2 Å². The van der Waals surface area contributed by atoms with Gasteiger partial charge in [-0.05, 0) is 179 Å². The number of anilines is 6. The van der Waals surface area contributed by atoms with Crippen LogP contribution in [-0.4, -0.2) is 77.8 Å². The Hall–Kier alpha value is -7.96. The first-order chi connectivity index (χ1) is 38.4. The molecule has 0 aliphatic heterocycles. The van der Waals surface area contributed by atoms with Gasteiger partial charge in [0.25, 0.3) is 60.7 Å². The monoisotopic (exact) mass is 1220 g/mol. The minimum Gasteiger partial charge on any atom is -0.311 e. The maximum Gasteiger partial charge on any atom is 0.294 e. The van der Waals surface area contributed by atoms with E-state index in [0.717, 1.165) is 0 Å². The molecule has 9 aromatic carbocycles. The number of nitrogens with zero attached hydrogens (tertiary/aromatic N) is 2. The van der Waals surface area contributed by atoms with Gasteiger partial charge < -0.3 is 9.80 Å². The first-order valence-electron chi connectivity index (χ1n) is 23.8. The van der Waals surface area contributed by atoms with Crippen molar-refractivity contribution in [2.75, 3.05) is 9.80 Å². The fourth-order valence-electron chi connectivity index (χ4n) is 9.29. The van der Waals surface area contributed by atoms with E-state index in [-0.39, 0.29) is 19.6 Å². The van der Waals surface area contributed by atoms with Crippen molar-refractivity contribution >= 4 is 94.8 Å². The summed E-state index contributed by atoms with van der Waals surface area (Å²) in [5, 5.41) is 0. The van der Waals surface area contributed by atoms with Gasteiger partial charge in [0, 0.05) is 46.0 Å². The number of hydrogen-bond donors (Lipinski definition) is 6. The topological polar surface area (TPSA) is 333 Å². The Kier molecular flexibility index (Phi) is 16.0. The van der Waals surface area contributed by atoms with Crippen LogP contribution in [0.5, 0.6) is 0 Å². The molecule has 82 heavy (non-hydrogen) atoms. The summed E-state index contributed by atoms with van der Waals surface area (Å²) in [5.74, 6) is -1.38. The highest BCUT2D eigenvalue weighted by molar-refractivity contribution is 7.87. The van der Waals surface area contributed by atoms with Gasteiger partial charge in [-0.3, -0.25) is 27.3 Å². The molecule has 9 rings (SSSR count). The first-order valence-corrected chi connectivity index (χ1v) is 32.4. The molecule has 0 fully saturated rings. The Morgan fingerprint density at radius 1 is 0.195 bits per heavy atom. The molecule has 0 spiro atoms. The maximum absolute atomic E-state index is 12.0. The number of hydrogen-bond acceptors (Lipinski definition) is 14. The quantitative estimate of drug-likeness (QED) is 0.0343. The van der Waals surface area contributed by atoms with E-state index >= 15 is 0 Å². The first kappa shape index (κ1) is 58.7. The Morgan fingerprint density at radius 2 is 0.305 bits per heavy atom. The van der Waals surface area contributed by atoms with Gasteiger partial charge >= 0.3 is 0 Å². The molecule has 0 radical (unpaired) electrons. The number of rotatable bonds is 18. The second-order valence-corrected chi connectivity index (χ2v) is 26.9. The second-order valence-electron chi connectivity index (χ2n) is 18.4. The van der Waals surface area contributed by atoms with E-state index in [4.69, 9.17) is 0 Å². The van der Waals surface area contributed by atoms with E-state index in [1.165, 1.54) is 146 Å². The van der Waals surface area contributed by atoms with Gasteiger partial charge in [0.15, 0.2) is 0 Å². The van der Waals surface area contributed by atoms with E-state index in [2.05, 4.69) is 0 Å². The molecule has 0 aromatic heterocycles. The lowest BCUT2D eigenvalue weighted by molar-refractivity contribution is 0.481. The Morgan fingerprint density at radius 3 is 0.451 bits per heavy atom. The van der Waals surface area contributed by atoms with E-state index < -0.39 is 82.3 Å². The SMILES string of the molecule is O=S(=O)(O)c1ccc(C(c2ccc(N(c3ccc(C(c4ccc(S(=O)(=O)O)cc4)c4ccc(S(=O)(=O)O)cc4)cc3)c3ccc(N(c4ccc(S(=O)(=O)O)cc4)c4ccc(S(=O)(=O)O)cc4)cc3)cc2)c2ccc(S(=O)(=O)O)cc2)cc1. The molecule has 26 heteroatoms. The summed E-state index contributed by atoms with van der Waals surface area (Å²) in [6.07, 6.45) is 0. The van der Waals surface area contributed by atoms with Crippen LogP contribution in [0.3, 0.4) is 0 Å². The zero-order valence-corrected chi connectivity index (χ0v) is 46.8. The third kappa shape index (κ3) is 13.2. The molecule has 0 aliphatic rings. The van der Waals surface area contributed by atoms with Gasteiger partial charge in [-0.1, -0.05) is 72.8 Å². The highest BCUT2D eigenvalue weighted by Gasteiger charge is 2.25. The minimum atomic E-state index is -4.59. The summed E-state index contributed by atoms with van der Waals surface area (Å²) >= 11 is 0. The van der Waals surface area contributed by atoms with Crippen LogP contribution in [0.25, 0.3) is 0 Å². The van der Waals surface area contributed by atoms with E-state index in [0.29, 0.717) is 67.5 Å². The molecule has 20 nitrogen and oxygen atoms in total. The maximum atomic E-state index is 12.0. The minimum absolute atomic E-state index is 0.368. The highest BCUT2D eigenvalue weighted by Crippen LogP contribution is 2.43. The average molecular weight is 1230 g/mol. The molecular formula is C56H44N2O18S6. The zero-order chi connectivity index (χ0) is 59.2. The third-order valence-electron chi connectivity index (χ3n) is 13.2. The fraction of sp³-hybridized carbons (Fsp3) is 0.0357. The van der Waals surface area contributed by atoms with Crippen molar-refractivity contribution < 1.29 is 77.8 Å². The lowest BCUT2D eigenvalue weighted by Crippen LogP contribution is -2.13. The Labute approximate surface area is 472 Å². The number of benzene rings is 9. The molecule has 0 saturated heterocycles. The van der Waals surface area contributed by atoms with Gasteiger partial charge in [-0.2, -0.15) is 50.5 Å². The third-order valence-corrected chi connectivity index (χ3v) is 18.4. The highest BCUT2D eigenvalue weighted by atomic mass is 32.2. The van der Waals surface area contributed by atoms with Crippen LogP contribution in [-0.2, 0) is 60.7 Å². The zero-order valence-electron chi connectivity index (χ0n) is 41.9. The summed E-state index contributed by atoms with van der Waals surface area (Å²) in [5.41, 5.74) is 6.17. The molecule has 0 atom stereocenters. The predicted octanol–water partition coefficient (Wildman–Crippen LogP) is 10.5. The molecule has 0 bridgehead atoms. The molecule has 0 unspecified atom stereocenters. The summed E-state index contributed by atoms with van der Waals surface area (Å²) < 4.78 is 203. The van der Waals surface area contributed by atoms with Crippen LogP contribution in [0.4, 0.5) is 34.1 Å². The molecule has 6 N–H and O–H groups in total. The lowest BCUT2D eigenvalue weighted by atomic mass is 9.85. The van der Waals surface area contributed by atoms with E-state index in [9.17, 15) is 77.8 Å². The van der Waals surface area contributed by atoms with Gasteiger partial charge in [0.1, 0.15) is 0 Å². The molecule has 0 amide bonds. The Balaban J connectivity index is 1.18. The van der Waals surface area contributed by atoms with Crippen LogP contribution in [0.15, 0.2) is 248 Å². The van der Waals surface area contributed by atoms with Crippen molar-refractivity contribution in [2.24, 2.45) is 0 Å². The molecule has 0 saturated carbocycles. The van der Waals surface area contributed by atoms with Crippen molar-refractivity contribution in [3.05, 3.63) is 252 Å². The second kappa shape index (κ2) is 22.4. The van der Waals surface area contributed by atoms with Crippen molar-refractivity contribution in [3.8, 4) is 0 Å². The predicted molar refractivity (Wildman–Crippen MR) is 302 cm³/mol. The van der Waals surface area contributed by atoms with Crippen LogP contribution >= 0.6 is 0 Å². The van der Waals surface area contributed by atoms with Crippen LogP contribution in [0.2, 0.25) is 0 Å². The summed E-state index contributed by atoms with van der Waals surface area (Å²) in [4.78, 5) is 1.23. The fourth-order valence-corrected chi connectivity index (χ4v) is 12.2. The molecule has 422 valence electrons. The summed E-state index contributed by atoms with van der Waals surface area (Å²) in [6, 6.07) is 53.1. The summed E-state index contributed by atoms with van der Waals surface area (Å²) in [7, 11) is -27.5. The van der Waals surface area contributed by atoms with Gasteiger partial charge in [0.2, 0.25) is 0 Å². The molecule has 0 heterocycles. The van der Waals surface area contributed by atoms with Crippen LogP contribution in [0, 0.1) is 0 Å². The largest absolute Gasteiger partial charge is 0.311 e.